The van der Waals surface area contributed by atoms with Crippen molar-refractivity contribution in [3.63, 3.8) is 0 Å². The van der Waals surface area contributed by atoms with Crippen LogP contribution in [0.15, 0.2) is 143 Å². The van der Waals surface area contributed by atoms with Crippen molar-refractivity contribution < 1.29 is 56.9 Å². The van der Waals surface area contributed by atoms with E-state index in [4.69, 9.17) is 18.9 Å². The van der Waals surface area contributed by atoms with E-state index in [1.165, 1.54) is 17.8 Å². The SMILES string of the molecule is C.C.C.C.CC(C)OC(=O)N1CCC2(CC1)C(=O)N(C)c1cnc3ccc(-c4ccc(F)nc4)cc3c12.CC(C)OC(=O)N1CCC2(CC1)C(=O)N(C)c1cnc3ccc(-c4ccc(OCCCN(C)C)nc4)cc3c12.CC(C)OC(=O)N1CCC2(CC1)C(=O)N(C)c1cnc3ccc(Br)cc3c12.CN1C(=O)C2(CCNCC2)c2c1cnc1ccc(Br)cc21. The first-order valence-corrected chi connectivity index (χ1v) is 42.6. The van der Waals surface area contributed by atoms with Crippen molar-refractivity contribution in [1.29, 1.82) is 0 Å². The standard InChI is InChI=1S/C30H37N5O4.C25H25FN4O3.C20H22BrN3O3.C16H16BrN3O.4CH4/c1-20(2)39-29(37)35-14-11-30(12-15-35)27-23-17-21(7-9-24(23)31-19-25(27)34(5)28(30)36)22-8-10-26(32-18-22)38-16-6-13-33(3)4;1-15(2)33-24(32)30-10-8-25(9-11-30)22-18-12-16(17-5-7-21(26)28-13-17)4-6-19(18)27-14-20(22)29(3)23(25)31;1-12(2)27-19(26)24-8-6-20(7-9-24)17-14-10-13(21)4-5-15(14)22-11-16(17)23(3)18(20)25;1-20-13-9-19-12-3-2-10(17)8-11(12)14(13)16(15(20)21)4-6-18-7-5-16;;;;/h7-10,17-20H,6,11-16H2,1-5H3;4-7,12-15H,8-11H2,1-3H3;4-5,10-12H,6-9H2,1-3H3;2-3,8-9,18H,4-7H2,1H3;4*1H4. The number of likely N-dealkylation sites (N-methyl/N-ethyl adjacent to an activating group) is 4. The summed E-state index contributed by atoms with van der Waals surface area (Å²) in [5, 5.41) is 7.32. The molecule has 4 spiro atoms. The fourth-order valence-electron chi connectivity index (χ4n) is 18.7. The van der Waals surface area contributed by atoms with Crippen LogP contribution in [0.25, 0.3) is 65.9 Å². The van der Waals surface area contributed by atoms with Crippen molar-refractivity contribution in [2.45, 2.75) is 169 Å². The van der Waals surface area contributed by atoms with E-state index in [1.807, 2.05) is 155 Å². The van der Waals surface area contributed by atoms with Gasteiger partial charge in [-0.1, -0.05) is 73.7 Å². The smallest absolute Gasteiger partial charge is 0.410 e. The number of piperidine rings is 4. The maximum absolute atomic E-state index is 13.7. The van der Waals surface area contributed by atoms with Crippen molar-refractivity contribution >= 4 is 140 Å². The summed E-state index contributed by atoms with van der Waals surface area (Å²) in [6.07, 6.45) is 14.9. The first-order valence-electron chi connectivity index (χ1n) is 41.1. The molecule has 7 amide bonds. The largest absolute Gasteiger partial charge is 0.478 e. The van der Waals surface area contributed by atoms with Crippen molar-refractivity contribution in [3.8, 4) is 28.1 Å². The fourth-order valence-corrected chi connectivity index (χ4v) is 19.4. The molecule has 0 saturated carbocycles. The van der Waals surface area contributed by atoms with Crippen LogP contribution in [0, 0.1) is 5.95 Å². The Morgan fingerprint density at radius 1 is 0.419 bits per heavy atom. The Morgan fingerprint density at radius 2 is 0.726 bits per heavy atom. The number of anilines is 4. The van der Waals surface area contributed by atoms with Gasteiger partial charge in [0.05, 0.1) is 116 Å². The molecule has 8 aliphatic heterocycles. The summed E-state index contributed by atoms with van der Waals surface area (Å²) in [5.41, 5.74) is 12.3. The minimum atomic E-state index is -0.723. The Kier molecular flexibility index (Phi) is 28.7. The highest BCUT2D eigenvalue weighted by atomic mass is 79.9. The molecule has 18 rings (SSSR count). The number of likely N-dealkylation sites (tertiary alicyclic amines) is 3. The monoisotopic (exact) mass is 1820 g/mol. The zero-order valence-corrected chi connectivity index (χ0v) is 72.9. The van der Waals surface area contributed by atoms with Crippen LogP contribution in [-0.4, -0.2) is 218 Å². The molecule has 0 unspecified atom stereocenters. The molecule has 6 aromatic heterocycles. The summed E-state index contributed by atoms with van der Waals surface area (Å²) in [6, 6.07) is 31.0. The van der Waals surface area contributed by atoms with E-state index in [9.17, 15) is 38.0 Å². The predicted octanol–water partition coefficient (Wildman–Crippen LogP) is 17.8. The molecule has 4 aromatic carbocycles. The van der Waals surface area contributed by atoms with Crippen LogP contribution in [0.3, 0.4) is 0 Å². The predicted molar refractivity (Wildman–Crippen MR) is 494 cm³/mol. The second-order valence-electron chi connectivity index (χ2n) is 33.4. The molecule has 0 bridgehead atoms. The summed E-state index contributed by atoms with van der Waals surface area (Å²) in [4.78, 5) is 131. The Hall–Kier alpha value is -10.9. The number of ether oxygens (including phenoxy) is 4. The molecule has 29 heteroatoms. The van der Waals surface area contributed by atoms with Gasteiger partial charge in [0.2, 0.25) is 35.5 Å². The van der Waals surface area contributed by atoms with E-state index in [-0.39, 0.29) is 95.3 Å². The van der Waals surface area contributed by atoms with Gasteiger partial charge in [-0.05, 0) is 217 Å². The molecule has 26 nitrogen and oxygen atoms in total. The number of amides is 7. The number of halogens is 3. The summed E-state index contributed by atoms with van der Waals surface area (Å²) in [6.45, 7) is 17.2. The molecule has 14 heterocycles. The molecule has 0 radical (unpaired) electrons. The lowest BCUT2D eigenvalue weighted by Crippen LogP contribution is -2.50. The summed E-state index contributed by atoms with van der Waals surface area (Å²) in [5.74, 6) is 0.465. The Bertz CT molecular complexity index is 5670. The third-order valence-electron chi connectivity index (χ3n) is 24.8. The number of pyridine rings is 6. The number of nitrogens with zero attached hydrogens (tertiary/aromatic N) is 14. The van der Waals surface area contributed by atoms with Crippen LogP contribution in [0.4, 0.5) is 41.5 Å². The summed E-state index contributed by atoms with van der Waals surface area (Å²) < 4.78 is 37.2. The minimum Gasteiger partial charge on any atom is -0.478 e. The van der Waals surface area contributed by atoms with Crippen molar-refractivity contribution in [2.24, 2.45) is 0 Å². The topological polar surface area (TPSA) is 272 Å². The molecule has 0 aliphatic carbocycles. The van der Waals surface area contributed by atoms with Crippen LogP contribution in [0.5, 0.6) is 5.88 Å². The number of hydrogen-bond acceptors (Lipinski definition) is 19. The van der Waals surface area contributed by atoms with Crippen molar-refractivity contribution in [3.05, 3.63) is 171 Å². The van der Waals surface area contributed by atoms with E-state index in [0.717, 1.165) is 153 Å². The lowest BCUT2D eigenvalue weighted by atomic mass is 9.72. The Labute approximate surface area is 743 Å². The van der Waals surface area contributed by atoms with Crippen molar-refractivity contribution in [2.75, 3.05) is 127 Å². The molecule has 0 atom stereocenters. The molecule has 10 aromatic rings. The second-order valence-corrected chi connectivity index (χ2v) is 35.2. The summed E-state index contributed by atoms with van der Waals surface area (Å²) >= 11 is 7.08. The molecule has 4 saturated heterocycles. The van der Waals surface area contributed by atoms with Gasteiger partial charge in [-0.2, -0.15) is 4.39 Å². The van der Waals surface area contributed by atoms with Crippen LogP contribution in [-0.2, 0) is 55.0 Å². The van der Waals surface area contributed by atoms with Gasteiger partial charge in [-0.15, -0.1) is 0 Å². The first-order chi connectivity index (χ1) is 57.5. The number of hydrogen-bond donors (Lipinski definition) is 1. The number of fused-ring (bicyclic) bond motifs is 16. The first kappa shape index (κ1) is 93.8. The van der Waals surface area contributed by atoms with Crippen LogP contribution >= 0.6 is 31.9 Å². The van der Waals surface area contributed by atoms with Gasteiger partial charge in [-0.3, -0.25) is 39.1 Å². The van der Waals surface area contributed by atoms with Gasteiger partial charge >= 0.3 is 18.3 Å². The zero-order chi connectivity index (χ0) is 85.0. The molecule has 124 heavy (non-hydrogen) atoms. The molecule has 4 fully saturated rings. The van der Waals surface area contributed by atoms with E-state index in [0.29, 0.717) is 90.3 Å². The van der Waals surface area contributed by atoms with Crippen LogP contribution in [0.1, 0.15) is 151 Å². The van der Waals surface area contributed by atoms with Gasteiger partial charge in [0.1, 0.15) is 0 Å². The van der Waals surface area contributed by atoms with Crippen LogP contribution < -0.4 is 29.7 Å². The number of nitrogens with one attached hydrogen (secondary N) is 1. The lowest BCUT2D eigenvalue weighted by molar-refractivity contribution is -0.125. The number of aromatic nitrogens is 6. The van der Waals surface area contributed by atoms with E-state index < -0.39 is 22.2 Å². The highest BCUT2D eigenvalue weighted by Crippen LogP contribution is 2.55. The third-order valence-corrected chi connectivity index (χ3v) is 25.7. The van der Waals surface area contributed by atoms with Gasteiger partial charge in [-0.25, -0.2) is 24.4 Å². The van der Waals surface area contributed by atoms with E-state index in [1.54, 1.807) is 73.1 Å². The maximum atomic E-state index is 13.7. The number of benzene rings is 4. The maximum Gasteiger partial charge on any atom is 0.410 e. The quantitative estimate of drug-likeness (QED) is 0.0757. The van der Waals surface area contributed by atoms with E-state index >= 15 is 0 Å². The van der Waals surface area contributed by atoms with Gasteiger partial charge < -0.3 is 63.5 Å². The second kappa shape index (κ2) is 37.9. The van der Waals surface area contributed by atoms with Crippen molar-refractivity contribution in [1.82, 2.24) is 54.8 Å². The number of rotatable bonds is 10. The molecular weight excluding hydrogens is 1710 g/mol. The van der Waals surface area contributed by atoms with Crippen LogP contribution in [0.2, 0.25) is 0 Å². The minimum absolute atomic E-state index is 0. The molecule has 658 valence electrons. The normalized spacial score (nSPS) is 17.2. The molecule has 8 aliphatic rings. The summed E-state index contributed by atoms with van der Waals surface area (Å²) in [7, 11) is 11.4. The van der Waals surface area contributed by atoms with Gasteiger partial charge in [0.15, 0.2) is 0 Å². The lowest BCUT2D eigenvalue weighted by Gasteiger charge is -2.38. The molecular formula is C95H116Br2FN15O11. The van der Waals surface area contributed by atoms with E-state index in [2.05, 4.69) is 84.1 Å². The Balaban J connectivity index is 0.000000162. The average molecular weight is 1820 g/mol. The zero-order valence-electron chi connectivity index (χ0n) is 69.8. The highest BCUT2D eigenvalue weighted by Gasteiger charge is 2.57. The Morgan fingerprint density at radius 3 is 1.03 bits per heavy atom. The molecule has 1 N–H and O–H groups in total. The fraction of sp³-hybridized carbons (Fsp3) is 0.442. The van der Waals surface area contributed by atoms with Gasteiger partial charge in [0, 0.05) is 156 Å². The van der Waals surface area contributed by atoms with Gasteiger partial charge in [0.25, 0.3) is 0 Å². The third kappa shape index (κ3) is 17.4. The highest BCUT2D eigenvalue weighted by molar-refractivity contribution is 9.10. The average Bonchev–Trinajstić information content (AvgIpc) is 1.58. The number of carbonyl (C=O) groups is 7. The number of carbonyl (C=O) groups excluding carboxylic acids is 7.